The second-order valence-electron chi connectivity index (χ2n) is 3.72. The predicted molar refractivity (Wildman–Crippen MR) is 61.5 cm³/mol. The van der Waals surface area contributed by atoms with Crippen molar-refractivity contribution in [2.45, 2.75) is 12.5 Å². The quantitative estimate of drug-likeness (QED) is 0.779. The zero-order valence-electron chi connectivity index (χ0n) is 9.85. The van der Waals surface area contributed by atoms with Crippen molar-refractivity contribution >= 4 is 11.9 Å². The molecule has 1 rings (SSSR count). The molecular weight excluding hydrogens is 241 g/mol. The number of halogens is 1. The Morgan fingerprint density at radius 1 is 1.39 bits per heavy atom. The molecule has 6 heteroatoms. The van der Waals surface area contributed by atoms with Crippen molar-refractivity contribution < 1.29 is 23.8 Å². The molecule has 0 radical (unpaired) electrons. The fourth-order valence-electron chi connectivity index (χ4n) is 1.37. The van der Waals surface area contributed by atoms with Gasteiger partial charge in [-0.05, 0) is 17.7 Å². The molecule has 0 heterocycles. The van der Waals surface area contributed by atoms with E-state index in [9.17, 15) is 14.0 Å². The lowest BCUT2D eigenvalue weighted by atomic mass is 10.1. The fraction of sp³-hybridized carbons (Fsp3) is 0.333. The molecule has 0 bridgehead atoms. The number of carbonyl (C=O) groups is 2. The molecule has 0 aromatic heterocycles. The van der Waals surface area contributed by atoms with Crippen molar-refractivity contribution in [1.29, 1.82) is 0 Å². The van der Waals surface area contributed by atoms with Crippen LogP contribution in [0.3, 0.4) is 0 Å². The summed E-state index contributed by atoms with van der Waals surface area (Å²) < 4.78 is 17.3. The molecular formula is C12H14FNO4. The predicted octanol–water partition coefficient (Wildman–Crippen LogP) is 0.584. The number of hydrogen-bond donors (Lipinski definition) is 2. The third-order valence-corrected chi connectivity index (χ3v) is 2.24. The number of aliphatic carboxylic acids is 1. The summed E-state index contributed by atoms with van der Waals surface area (Å²) in [4.78, 5) is 22.3. The molecule has 1 atom stereocenters. The van der Waals surface area contributed by atoms with Gasteiger partial charge in [-0.25, -0.2) is 9.18 Å². The molecule has 5 nitrogen and oxygen atoms in total. The smallest absolute Gasteiger partial charge is 0.328 e. The second-order valence-corrected chi connectivity index (χ2v) is 3.72. The van der Waals surface area contributed by atoms with E-state index in [0.29, 0.717) is 5.56 Å². The lowest BCUT2D eigenvalue weighted by Gasteiger charge is -2.13. The molecule has 1 unspecified atom stereocenters. The van der Waals surface area contributed by atoms with E-state index in [1.807, 2.05) is 0 Å². The highest BCUT2D eigenvalue weighted by Crippen LogP contribution is 2.03. The summed E-state index contributed by atoms with van der Waals surface area (Å²) in [7, 11) is 1.35. The summed E-state index contributed by atoms with van der Waals surface area (Å²) in [6, 6.07) is 4.35. The Balaban J connectivity index is 2.54. The first kappa shape index (κ1) is 14.1. The molecule has 0 saturated heterocycles. The average Bonchev–Trinajstić information content (AvgIpc) is 2.31. The van der Waals surface area contributed by atoms with Gasteiger partial charge in [-0.3, -0.25) is 4.79 Å². The van der Waals surface area contributed by atoms with Crippen LogP contribution < -0.4 is 5.32 Å². The molecule has 18 heavy (non-hydrogen) atoms. The number of amides is 1. The molecule has 1 aromatic carbocycles. The maximum absolute atomic E-state index is 12.6. The lowest BCUT2D eigenvalue weighted by Crippen LogP contribution is -2.44. The van der Waals surface area contributed by atoms with E-state index in [1.165, 1.54) is 31.4 Å². The summed E-state index contributed by atoms with van der Waals surface area (Å²) in [6.07, 6.45) is -0.00618. The number of carboxylic acids is 1. The van der Waals surface area contributed by atoms with Crippen LogP contribution in [0.5, 0.6) is 0 Å². The minimum atomic E-state index is -1.16. The van der Waals surface area contributed by atoms with Crippen molar-refractivity contribution in [2.24, 2.45) is 0 Å². The van der Waals surface area contributed by atoms with Gasteiger partial charge in [0.15, 0.2) is 6.04 Å². The summed E-state index contributed by atoms with van der Waals surface area (Å²) >= 11 is 0. The van der Waals surface area contributed by atoms with E-state index in [0.717, 1.165) is 0 Å². The standard InChI is InChI=1S/C12H14FNO4/c1-18-7-10(12(16)17)14-11(15)6-8-2-4-9(13)5-3-8/h2-5,10H,6-7H2,1H3,(H,14,15)(H,16,17). The number of nitrogens with one attached hydrogen (secondary N) is 1. The van der Waals surface area contributed by atoms with Gasteiger partial charge in [0.2, 0.25) is 5.91 Å². The van der Waals surface area contributed by atoms with Crippen molar-refractivity contribution in [3.05, 3.63) is 35.6 Å². The van der Waals surface area contributed by atoms with Gasteiger partial charge in [-0.1, -0.05) is 12.1 Å². The SMILES string of the molecule is COCC(NC(=O)Cc1ccc(F)cc1)C(=O)O. The lowest BCUT2D eigenvalue weighted by molar-refractivity contribution is -0.143. The fourth-order valence-corrected chi connectivity index (χ4v) is 1.37. The topological polar surface area (TPSA) is 75.6 Å². The Morgan fingerprint density at radius 3 is 2.50 bits per heavy atom. The highest BCUT2D eigenvalue weighted by molar-refractivity contribution is 5.84. The van der Waals surface area contributed by atoms with Crippen LogP contribution in [0.2, 0.25) is 0 Å². The summed E-state index contributed by atoms with van der Waals surface area (Å²) in [6.45, 7) is -0.107. The first-order valence-corrected chi connectivity index (χ1v) is 5.28. The molecule has 1 amide bonds. The highest BCUT2D eigenvalue weighted by Gasteiger charge is 2.19. The number of ether oxygens (including phenoxy) is 1. The van der Waals surface area contributed by atoms with Gasteiger partial charge < -0.3 is 15.2 Å². The zero-order chi connectivity index (χ0) is 13.5. The largest absolute Gasteiger partial charge is 0.480 e. The molecule has 2 N–H and O–H groups in total. The Kier molecular flexibility index (Phi) is 5.26. The van der Waals surface area contributed by atoms with Crippen molar-refractivity contribution in [1.82, 2.24) is 5.32 Å². The summed E-state index contributed by atoms with van der Waals surface area (Å²) in [5.74, 6) is -2.00. The summed E-state index contributed by atoms with van der Waals surface area (Å²) in [5, 5.41) is 11.1. The van der Waals surface area contributed by atoms with E-state index in [-0.39, 0.29) is 18.8 Å². The van der Waals surface area contributed by atoms with Crippen molar-refractivity contribution in [2.75, 3.05) is 13.7 Å². The minimum Gasteiger partial charge on any atom is -0.480 e. The molecule has 98 valence electrons. The number of rotatable bonds is 6. The van der Waals surface area contributed by atoms with Gasteiger partial charge in [0.25, 0.3) is 0 Å². The maximum Gasteiger partial charge on any atom is 0.328 e. The van der Waals surface area contributed by atoms with Crippen LogP contribution in [0, 0.1) is 5.82 Å². The first-order chi connectivity index (χ1) is 8.52. The molecule has 0 aliphatic carbocycles. The Labute approximate surface area is 104 Å². The van der Waals surface area contributed by atoms with Crippen LogP contribution in [-0.2, 0) is 20.7 Å². The third-order valence-electron chi connectivity index (χ3n) is 2.24. The van der Waals surface area contributed by atoms with Crippen LogP contribution in [0.4, 0.5) is 4.39 Å². The molecule has 0 aliphatic heterocycles. The summed E-state index contributed by atoms with van der Waals surface area (Å²) in [5.41, 5.74) is 0.607. The Morgan fingerprint density at radius 2 is 2.00 bits per heavy atom. The van der Waals surface area contributed by atoms with Crippen molar-refractivity contribution in [3.63, 3.8) is 0 Å². The number of carbonyl (C=O) groups excluding carboxylic acids is 1. The van der Waals surface area contributed by atoms with E-state index < -0.39 is 17.9 Å². The number of benzene rings is 1. The third kappa shape index (κ3) is 4.50. The molecule has 0 aliphatic rings. The number of methoxy groups -OCH3 is 1. The van der Waals surface area contributed by atoms with Gasteiger partial charge in [0, 0.05) is 7.11 Å². The normalized spacial score (nSPS) is 11.9. The number of hydrogen-bond acceptors (Lipinski definition) is 3. The van der Waals surface area contributed by atoms with Gasteiger partial charge in [0.1, 0.15) is 5.82 Å². The molecule has 0 fully saturated rings. The molecule has 0 saturated carbocycles. The Hall–Kier alpha value is -1.95. The van der Waals surface area contributed by atoms with Gasteiger partial charge in [0.05, 0.1) is 13.0 Å². The van der Waals surface area contributed by atoms with E-state index in [2.05, 4.69) is 10.1 Å². The van der Waals surface area contributed by atoms with Gasteiger partial charge >= 0.3 is 5.97 Å². The minimum absolute atomic E-state index is 0.00618. The van der Waals surface area contributed by atoms with Gasteiger partial charge in [-0.2, -0.15) is 0 Å². The van der Waals surface area contributed by atoms with Crippen LogP contribution in [-0.4, -0.2) is 36.7 Å². The second kappa shape index (κ2) is 6.70. The van der Waals surface area contributed by atoms with Crippen LogP contribution in [0.1, 0.15) is 5.56 Å². The van der Waals surface area contributed by atoms with E-state index in [4.69, 9.17) is 5.11 Å². The first-order valence-electron chi connectivity index (χ1n) is 5.28. The monoisotopic (exact) mass is 255 g/mol. The maximum atomic E-state index is 12.6. The van der Waals surface area contributed by atoms with E-state index >= 15 is 0 Å². The van der Waals surface area contributed by atoms with Crippen LogP contribution in [0.25, 0.3) is 0 Å². The van der Waals surface area contributed by atoms with Crippen LogP contribution in [0.15, 0.2) is 24.3 Å². The molecule has 1 aromatic rings. The zero-order valence-corrected chi connectivity index (χ0v) is 9.85. The van der Waals surface area contributed by atoms with Crippen LogP contribution >= 0.6 is 0 Å². The number of carboxylic acid groups (broad SMARTS) is 1. The Bertz CT molecular complexity index is 419. The van der Waals surface area contributed by atoms with Crippen molar-refractivity contribution in [3.8, 4) is 0 Å². The molecule has 0 spiro atoms. The average molecular weight is 255 g/mol. The van der Waals surface area contributed by atoms with E-state index in [1.54, 1.807) is 0 Å². The highest BCUT2D eigenvalue weighted by atomic mass is 19.1. The van der Waals surface area contributed by atoms with Gasteiger partial charge in [-0.15, -0.1) is 0 Å².